The van der Waals surface area contributed by atoms with Gasteiger partial charge in [-0.25, -0.2) is 9.18 Å². The van der Waals surface area contributed by atoms with E-state index in [1.807, 2.05) is 4.90 Å². The second kappa shape index (κ2) is 9.12. The second-order valence-electron chi connectivity index (χ2n) is 9.43. The molecule has 5 rings (SSSR count). The number of carbonyl (C=O) groups excluding carboxylic acids is 2. The van der Waals surface area contributed by atoms with Crippen LogP contribution in [0.15, 0.2) is 39.7 Å². The van der Waals surface area contributed by atoms with Gasteiger partial charge < -0.3 is 19.3 Å². The van der Waals surface area contributed by atoms with Crippen LogP contribution in [0.5, 0.6) is 5.75 Å². The maximum atomic E-state index is 13.8. The average Bonchev–Trinajstić information content (AvgIpc) is 3.52. The zero-order valence-electron chi connectivity index (χ0n) is 18.8. The zero-order valence-corrected chi connectivity index (χ0v) is 18.8. The van der Waals surface area contributed by atoms with Gasteiger partial charge in [0.1, 0.15) is 6.61 Å². The summed E-state index contributed by atoms with van der Waals surface area (Å²) >= 11 is 0. The first kappa shape index (κ1) is 23.6. The van der Waals surface area contributed by atoms with Crippen molar-refractivity contribution in [1.29, 1.82) is 0 Å². The molecule has 0 bridgehead atoms. The minimum atomic E-state index is -5.00. The molecule has 2 amide bonds. The molecule has 0 N–H and O–H groups in total. The van der Waals surface area contributed by atoms with Gasteiger partial charge in [0.15, 0.2) is 11.6 Å². The van der Waals surface area contributed by atoms with Gasteiger partial charge in [0, 0.05) is 50.4 Å². The van der Waals surface area contributed by atoms with Crippen molar-refractivity contribution in [3.05, 3.63) is 40.8 Å². The Labute approximate surface area is 198 Å². The predicted molar refractivity (Wildman–Crippen MR) is 112 cm³/mol. The van der Waals surface area contributed by atoms with Crippen LogP contribution in [0.4, 0.5) is 22.4 Å². The summed E-state index contributed by atoms with van der Waals surface area (Å²) in [5.74, 6) is -1.75. The number of rotatable bonds is 4. The number of likely N-dealkylation sites (tertiary alicyclic amines) is 2. The first-order valence-corrected chi connectivity index (χ1v) is 11.5. The van der Waals surface area contributed by atoms with Gasteiger partial charge in [-0.1, -0.05) is 6.07 Å². The summed E-state index contributed by atoms with van der Waals surface area (Å²) in [6.45, 7) is 2.45. The number of benzene rings is 1. The number of halogens is 4. The van der Waals surface area contributed by atoms with Crippen molar-refractivity contribution in [3.63, 3.8) is 0 Å². The standard InChI is InChI=1S/C23H24F4N4O4/c24-18-5-13(1-4-20(18)35-23(25,26)27)12-34-22(33)31-10-16-8-30(9-17(16)11-31)21(32)14-2-3-15-7-28-29-19(15)6-14/h1,4-5,14,16-17H,2-3,6-12H2/t14-,16+,17+/m1/s1. The summed E-state index contributed by atoms with van der Waals surface area (Å²) in [6.07, 6.45) is -3.25. The third-order valence-electron chi connectivity index (χ3n) is 7.09. The number of allylic oxidation sites excluding steroid dienone is 1. The molecule has 3 aliphatic heterocycles. The van der Waals surface area contributed by atoms with Crippen LogP contribution in [-0.2, 0) is 16.1 Å². The van der Waals surface area contributed by atoms with Gasteiger partial charge in [0.2, 0.25) is 5.91 Å². The third kappa shape index (κ3) is 5.10. The normalized spacial score (nSPS) is 25.7. The maximum Gasteiger partial charge on any atom is 0.573 e. The van der Waals surface area contributed by atoms with E-state index >= 15 is 0 Å². The van der Waals surface area contributed by atoms with Crippen molar-refractivity contribution in [2.45, 2.75) is 32.2 Å². The van der Waals surface area contributed by atoms with Crippen LogP contribution in [0.2, 0.25) is 0 Å². The number of alkyl halides is 3. The molecule has 35 heavy (non-hydrogen) atoms. The fraction of sp³-hybridized carbons (Fsp3) is 0.565. The van der Waals surface area contributed by atoms with Crippen LogP contribution >= 0.6 is 0 Å². The predicted octanol–water partition coefficient (Wildman–Crippen LogP) is 4.27. The lowest BCUT2D eigenvalue weighted by molar-refractivity contribution is -0.275. The number of nitrogens with zero attached hydrogens (tertiary/aromatic N) is 4. The molecule has 2 fully saturated rings. The maximum absolute atomic E-state index is 13.8. The molecule has 188 valence electrons. The lowest BCUT2D eigenvalue weighted by atomic mass is 9.87. The Kier molecular flexibility index (Phi) is 6.14. The lowest BCUT2D eigenvalue weighted by Crippen LogP contribution is -2.39. The van der Waals surface area contributed by atoms with Crippen LogP contribution in [0.25, 0.3) is 0 Å². The monoisotopic (exact) mass is 496 g/mol. The van der Waals surface area contributed by atoms with Gasteiger partial charge in [0.25, 0.3) is 0 Å². The Morgan fingerprint density at radius 3 is 2.49 bits per heavy atom. The van der Waals surface area contributed by atoms with E-state index in [-0.39, 0.29) is 35.8 Å². The van der Waals surface area contributed by atoms with Crippen molar-refractivity contribution in [2.75, 3.05) is 32.7 Å². The molecular weight excluding hydrogens is 472 g/mol. The number of carbonyl (C=O) groups is 2. The SMILES string of the molecule is O=C(OCc1ccc(OC(F)(F)F)c(F)c1)N1C[C@@H]2CN(C(=O)[C@@H]3CCC4=C(C3)N=NC4)C[C@H]2C1. The summed E-state index contributed by atoms with van der Waals surface area (Å²) in [5.41, 5.74) is 2.41. The highest BCUT2D eigenvalue weighted by Crippen LogP contribution is 2.37. The Morgan fingerprint density at radius 2 is 1.80 bits per heavy atom. The molecule has 0 saturated carbocycles. The molecule has 0 radical (unpaired) electrons. The van der Waals surface area contributed by atoms with Crippen LogP contribution in [0, 0.1) is 23.6 Å². The Bertz CT molecular complexity index is 1080. The van der Waals surface area contributed by atoms with Crippen LogP contribution in [0.1, 0.15) is 24.8 Å². The fourth-order valence-electron chi connectivity index (χ4n) is 5.33. The number of hydrogen-bond donors (Lipinski definition) is 0. The van der Waals surface area contributed by atoms with E-state index < -0.39 is 24.0 Å². The topological polar surface area (TPSA) is 83.8 Å². The average molecular weight is 496 g/mol. The number of azo groups is 1. The van der Waals surface area contributed by atoms with E-state index in [1.54, 1.807) is 4.90 Å². The molecule has 1 aromatic carbocycles. The van der Waals surface area contributed by atoms with Crippen molar-refractivity contribution < 1.29 is 36.6 Å². The molecule has 12 heteroatoms. The van der Waals surface area contributed by atoms with E-state index in [0.717, 1.165) is 30.7 Å². The fourth-order valence-corrected chi connectivity index (χ4v) is 5.33. The molecule has 0 unspecified atom stereocenters. The number of fused-ring (bicyclic) bond motifs is 1. The molecule has 3 heterocycles. The highest BCUT2D eigenvalue weighted by molar-refractivity contribution is 5.80. The van der Waals surface area contributed by atoms with E-state index in [9.17, 15) is 27.2 Å². The number of ether oxygens (including phenoxy) is 2. The highest BCUT2D eigenvalue weighted by atomic mass is 19.4. The molecule has 0 aromatic heterocycles. The zero-order chi connectivity index (χ0) is 24.7. The van der Waals surface area contributed by atoms with Gasteiger partial charge in [-0.05, 0) is 36.1 Å². The summed E-state index contributed by atoms with van der Waals surface area (Å²) in [7, 11) is 0. The smallest absolute Gasteiger partial charge is 0.445 e. The van der Waals surface area contributed by atoms with E-state index in [0.29, 0.717) is 39.1 Å². The lowest BCUT2D eigenvalue weighted by Gasteiger charge is -2.27. The second-order valence-corrected chi connectivity index (χ2v) is 9.43. The highest BCUT2D eigenvalue weighted by Gasteiger charge is 2.45. The first-order chi connectivity index (χ1) is 16.7. The van der Waals surface area contributed by atoms with E-state index in [2.05, 4.69) is 15.0 Å². The first-order valence-electron chi connectivity index (χ1n) is 11.5. The Hall–Kier alpha value is -3.18. The van der Waals surface area contributed by atoms with Gasteiger partial charge in [0.05, 0.1) is 12.2 Å². The van der Waals surface area contributed by atoms with Gasteiger partial charge in [-0.2, -0.15) is 10.2 Å². The van der Waals surface area contributed by atoms with Crippen LogP contribution in [-0.4, -0.2) is 60.9 Å². The third-order valence-corrected chi connectivity index (χ3v) is 7.09. The minimum Gasteiger partial charge on any atom is -0.445 e. The molecule has 0 spiro atoms. The van der Waals surface area contributed by atoms with Crippen molar-refractivity contribution in [1.82, 2.24) is 9.80 Å². The molecule has 1 aliphatic carbocycles. The number of hydrogen-bond acceptors (Lipinski definition) is 6. The molecule has 4 aliphatic rings. The quantitative estimate of drug-likeness (QED) is 0.583. The van der Waals surface area contributed by atoms with Gasteiger partial charge in [-0.3, -0.25) is 4.79 Å². The van der Waals surface area contributed by atoms with E-state index in [4.69, 9.17) is 4.74 Å². The summed E-state index contributed by atoms with van der Waals surface area (Å²) in [5, 5.41) is 8.23. The number of amides is 2. The van der Waals surface area contributed by atoms with Gasteiger partial charge >= 0.3 is 12.5 Å². The summed E-state index contributed by atoms with van der Waals surface area (Å²) < 4.78 is 59.4. The van der Waals surface area contributed by atoms with Gasteiger partial charge in [-0.15, -0.1) is 13.2 Å². The molecule has 2 saturated heterocycles. The largest absolute Gasteiger partial charge is 0.573 e. The Morgan fingerprint density at radius 1 is 1.09 bits per heavy atom. The van der Waals surface area contributed by atoms with Crippen molar-refractivity contribution in [3.8, 4) is 5.75 Å². The summed E-state index contributed by atoms with van der Waals surface area (Å²) in [6, 6.07) is 2.89. The molecule has 3 atom stereocenters. The van der Waals surface area contributed by atoms with Crippen LogP contribution in [0.3, 0.4) is 0 Å². The minimum absolute atomic E-state index is 0.0704. The van der Waals surface area contributed by atoms with Crippen LogP contribution < -0.4 is 4.74 Å². The van der Waals surface area contributed by atoms with Crippen molar-refractivity contribution >= 4 is 12.0 Å². The molecular formula is C23H24F4N4O4. The summed E-state index contributed by atoms with van der Waals surface area (Å²) in [4.78, 5) is 29.0. The Balaban J connectivity index is 1.09. The molecule has 8 nitrogen and oxygen atoms in total. The van der Waals surface area contributed by atoms with E-state index in [1.165, 1.54) is 11.6 Å². The molecule has 1 aromatic rings. The van der Waals surface area contributed by atoms with Crippen molar-refractivity contribution in [2.24, 2.45) is 28.0 Å².